The topological polar surface area (TPSA) is 70.8 Å². The molecule has 2 N–H and O–H groups in total. The second-order valence-electron chi connectivity index (χ2n) is 6.87. The molecule has 3 atom stereocenters. The molecule has 1 aliphatic heterocycles. The maximum atomic E-state index is 12.1. The Morgan fingerprint density at radius 2 is 2.00 bits per heavy atom. The maximum absolute atomic E-state index is 12.1. The van der Waals surface area contributed by atoms with E-state index in [1.165, 1.54) is 7.11 Å². The maximum Gasteiger partial charge on any atom is 0.339 e. The molecule has 1 saturated heterocycles. The Bertz CT molecular complexity index is 612. The van der Waals surface area contributed by atoms with Crippen molar-refractivity contribution < 1.29 is 19.0 Å². The minimum absolute atomic E-state index is 0.257. The third-order valence-corrected chi connectivity index (χ3v) is 6.93. The van der Waals surface area contributed by atoms with Crippen LogP contribution in [-0.4, -0.2) is 36.4 Å². The van der Waals surface area contributed by atoms with Gasteiger partial charge in [-0.1, -0.05) is 15.9 Å². The summed E-state index contributed by atoms with van der Waals surface area (Å²) in [6.07, 6.45) is 3.45. The quantitative estimate of drug-likeness (QED) is 0.548. The van der Waals surface area contributed by atoms with Crippen LogP contribution in [0.3, 0.4) is 0 Å². The fraction of sp³-hybridized carbons (Fsp3) is 0.706. The lowest BCUT2D eigenvalue weighted by molar-refractivity contribution is -0.192. The molecular weight excluding hydrogens is 398 g/mol. The van der Waals surface area contributed by atoms with Gasteiger partial charge >= 0.3 is 5.97 Å². The van der Waals surface area contributed by atoms with Gasteiger partial charge in [0, 0.05) is 28.9 Å². The van der Waals surface area contributed by atoms with E-state index < -0.39 is 23.2 Å². The number of fused-ring (bicyclic) bond motifs is 1. The fourth-order valence-electron chi connectivity index (χ4n) is 3.84. The summed E-state index contributed by atoms with van der Waals surface area (Å²) in [7, 11) is 1.35. The molecule has 1 heterocycles. The number of carbonyl (C=O) groups is 1. The lowest BCUT2D eigenvalue weighted by Gasteiger charge is -2.36. The van der Waals surface area contributed by atoms with Crippen molar-refractivity contribution in [2.75, 3.05) is 7.11 Å². The van der Waals surface area contributed by atoms with Gasteiger partial charge in [0.2, 0.25) is 5.79 Å². The molecule has 2 fully saturated rings. The summed E-state index contributed by atoms with van der Waals surface area (Å²) in [4.78, 5) is 12.1. The Hall–Kier alpha value is -0.560. The monoisotopic (exact) mass is 419 g/mol. The Morgan fingerprint density at radius 1 is 1.38 bits per heavy atom. The minimum Gasteiger partial charge on any atom is -0.465 e. The van der Waals surface area contributed by atoms with E-state index in [9.17, 15) is 4.79 Å². The summed E-state index contributed by atoms with van der Waals surface area (Å²) in [6, 6.07) is 0.261. The Morgan fingerprint density at radius 3 is 2.58 bits per heavy atom. The van der Waals surface area contributed by atoms with Crippen LogP contribution in [0.25, 0.3) is 0 Å². The van der Waals surface area contributed by atoms with Crippen molar-refractivity contribution in [1.82, 2.24) is 0 Å². The van der Waals surface area contributed by atoms with Crippen molar-refractivity contribution in [2.24, 2.45) is 11.7 Å². The molecule has 0 radical (unpaired) electrons. The molecule has 24 heavy (non-hydrogen) atoms. The van der Waals surface area contributed by atoms with Crippen molar-refractivity contribution in [1.29, 1.82) is 0 Å². The van der Waals surface area contributed by atoms with E-state index in [1.807, 2.05) is 13.8 Å². The summed E-state index contributed by atoms with van der Waals surface area (Å²) in [6.45, 7) is 3.80. The zero-order valence-electron chi connectivity index (χ0n) is 14.1. The van der Waals surface area contributed by atoms with Gasteiger partial charge in [-0.25, -0.2) is 4.79 Å². The highest BCUT2D eigenvalue weighted by atomic mass is 79.9. The van der Waals surface area contributed by atoms with E-state index >= 15 is 0 Å². The van der Waals surface area contributed by atoms with Gasteiger partial charge in [0.1, 0.15) is 11.9 Å². The average molecular weight is 421 g/mol. The van der Waals surface area contributed by atoms with Crippen LogP contribution in [0.2, 0.25) is 0 Å². The smallest absolute Gasteiger partial charge is 0.339 e. The second kappa shape index (κ2) is 6.63. The first kappa shape index (κ1) is 18.2. The van der Waals surface area contributed by atoms with Gasteiger partial charge in [-0.15, -0.1) is 11.6 Å². The van der Waals surface area contributed by atoms with E-state index in [0.717, 1.165) is 25.7 Å². The zero-order valence-corrected chi connectivity index (χ0v) is 16.4. The minimum atomic E-state index is -0.743. The Kier molecular flexibility index (Phi) is 5.04. The van der Waals surface area contributed by atoms with Crippen LogP contribution in [0.1, 0.15) is 39.5 Å². The first-order valence-corrected chi connectivity index (χ1v) is 9.47. The fourth-order valence-corrected chi connectivity index (χ4v) is 4.81. The van der Waals surface area contributed by atoms with Gasteiger partial charge in [-0.05, 0) is 32.6 Å². The van der Waals surface area contributed by atoms with Gasteiger partial charge in [-0.3, -0.25) is 0 Å². The van der Waals surface area contributed by atoms with Crippen molar-refractivity contribution in [2.45, 2.75) is 62.8 Å². The normalized spacial score (nSPS) is 39.6. The van der Waals surface area contributed by atoms with Gasteiger partial charge in [0.15, 0.2) is 0 Å². The molecule has 0 aromatic carbocycles. The van der Waals surface area contributed by atoms with E-state index in [-0.39, 0.29) is 12.0 Å². The van der Waals surface area contributed by atoms with E-state index in [2.05, 4.69) is 15.9 Å². The van der Waals surface area contributed by atoms with Gasteiger partial charge in [-0.2, -0.15) is 0 Å². The summed E-state index contributed by atoms with van der Waals surface area (Å²) in [5, 5.41) is -0.523. The van der Waals surface area contributed by atoms with E-state index in [1.54, 1.807) is 0 Å². The molecule has 2 aliphatic carbocycles. The highest BCUT2D eigenvalue weighted by Crippen LogP contribution is 2.50. The number of hydrogen-bond donors (Lipinski definition) is 1. The molecule has 3 unspecified atom stereocenters. The molecule has 0 aromatic rings. The van der Waals surface area contributed by atoms with Crippen molar-refractivity contribution in [3.8, 4) is 0 Å². The molecule has 5 nitrogen and oxygen atoms in total. The van der Waals surface area contributed by atoms with Crippen LogP contribution in [-0.2, 0) is 19.0 Å². The largest absolute Gasteiger partial charge is 0.465 e. The van der Waals surface area contributed by atoms with Crippen LogP contribution in [0.5, 0.6) is 0 Å². The summed E-state index contributed by atoms with van der Waals surface area (Å²) >= 11 is 9.99. The molecule has 0 aromatic heterocycles. The molecule has 3 rings (SSSR count). The van der Waals surface area contributed by atoms with Crippen LogP contribution >= 0.6 is 27.5 Å². The van der Waals surface area contributed by atoms with Gasteiger partial charge < -0.3 is 19.9 Å². The van der Waals surface area contributed by atoms with E-state index in [0.29, 0.717) is 21.4 Å². The number of carbonyl (C=O) groups excluding carboxylic acids is 1. The Balaban J connectivity index is 1.90. The molecule has 134 valence electrons. The summed E-state index contributed by atoms with van der Waals surface area (Å²) in [5.41, 5.74) is 7.14. The molecule has 1 saturated carbocycles. The number of nitrogens with two attached hydrogens (primary N) is 1. The first-order valence-electron chi connectivity index (χ1n) is 8.24. The van der Waals surface area contributed by atoms with Gasteiger partial charge in [0.25, 0.3) is 0 Å². The first-order chi connectivity index (χ1) is 11.3. The predicted octanol–water partition coefficient (Wildman–Crippen LogP) is 3.35. The number of ether oxygens (including phenoxy) is 3. The summed E-state index contributed by atoms with van der Waals surface area (Å²) < 4.78 is 18.0. The summed E-state index contributed by atoms with van der Waals surface area (Å²) in [5.74, 6) is -0.284. The van der Waals surface area contributed by atoms with Crippen LogP contribution < -0.4 is 5.73 Å². The van der Waals surface area contributed by atoms with Crippen molar-refractivity contribution in [3.05, 3.63) is 21.4 Å². The molecule has 0 amide bonds. The number of esters is 1. The third kappa shape index (κ3) is 2.91. The zero-order chi connectivity index (χ0) is 17.6. The van der Waals surface area contributed by atoms with Gasteiger partial charge in [0.05, 0.1) is 18.1 Å². The number of halogens is 2. The number of hydrogen-bond acceptors (Lipinski definition) is 5. The highest BCUT2D eigenvalue weighted by molar-refractivity contribution is 9.11. The number of rotatable bonds is 2. The highest BCUT2D eigenvalue weighted by Gasteiger charge is 2.53. The molecule has 0 bridgehead atoms. The van der Waals surface area contributed by atoms with E-state index in [4.69, 9.17) is 31.5 Å². The van der Waals surface area contributed by atoms with Crippen molar-refractivity contribution >= 4 is 33.5 Å². The average Bonchev–Trinajstić information content (AvgIpc) is 2.93. The number of methoxy groups -OCH3 is 1. The standard InChI is InChI=1S/C17H23BrClNO4/c1-8-11(16(21)22-3)12(18)13(19)15-14(8)23-17(2,24-15)9-4-6-10(20)7-5-9/h9-10,13,15H,4-7,20H2,1-3H3. The lowest BCUT2D eigenvalue weighted by atomic mass is 9.81. The number of alkyl halides is 1. The predicted molar refractivity (Wildman–Crippen MR) is 94.6 cm³/mol. The molecule has 0 spiro atoms. The third-order valence-electron chi connectivity index (χ3n) is 5.33. The van der Waals surface area contributed by atoms with Crippen LogP contribution in [0.15, 0.2) is 21.4 Å². The molecule has 3 aliphatic rings. The van der Waals surface area contributed by atoms with Crippen molar-refractivity contribution in [3.63, 3.8) is 0 Å². The second-order valence-corrected chi connectivity index (χ2v) is 8.20. The molecular formula is C17H23BrClNO4. The lowest BCUT2D eigenvalue weighted by Crippen LogP contribution is -2.41. The Labute approximate surface area is 155 Å². The SMILES string of the molecule is COC(=O)C1=C(Br)C(Cl)C2OC(C)(C3CCC(N)CC3)OC2=C1C. The molecule has 7 heteroatoms. The van der Waals surface area contributed by atoms with Crippen LogP contribution in [0.4, 0.5) is 0 Å². The van der Waals surface area contributed by atoms with Crippen LogP contribution in [0, 0.1) is 5.92 Å².